The van der Waals surface area contributed by atoms with E-state index >= 15 is 0 Å². The van der Waals surface area contributed by atoms with Crippen molar-refractivity contribution in [3.8, 4) is 6.07 Å². The largest absolute Gasteiger partial charge is 0.345 e. The number of nitriles is 1. The Hall–Kier alpha value is -3.00. The molecule has 5 heteroatoms. The average molecular weight is 326 g/mol. The van der Waals surface area contributed by atoms with Crippen molar-refractivity contribution in [3.05, 3.63) is 76.9 Å². The van der Waals surface area contributed by atoms with Gasteiger partial charge in [0.1, 0.15) is 23.3 Å². The SMILES string of the molecule is CCC(NC(=O)/C(C#N)=C/c1c(F)cccc1F)c1ccccc1. The van der Waals surface area contributed by atoms with Crippen molar-refractivity contribution < 1.29 is 13.6 Å². The Bertz CT molecular complexity index is 775. The lowest BCUT2D eigenvalue weighted by Gasteiger charge is -2.17. The number of halogens is 2. The molecule has 1 unspecified atom stereocenters. The second-order valence-corrected chi connectivity index (χ2v) is 5.15. The number of nitrogens with zero attached hydrogens (tertiary/aromatic N) is 1. The molecule has 0 aliphatic heterocycles. The summed E-state index contributed by atoms with van der Waals surface area (Å²) in [5.41, 5.74) is 0.132. The van der Waals surface area contributed by atoms with E-state index in [1.54, 1.807) is 6.07 Å². The summed E-state index contributed by atoms with van der Waals surface area (Å²) >= 11 is 0. The first-order valence-electron chi connectivity index (χ1n) is 7.48. The quantitative estimate of drug-likeness (QED) is 0.663. The summed E-state index contributed by atoms with van der Waals surface area (Å²) in [4.78, 5) is 12.3. The van der Waals surface area contributed by atoms with Crippen LogP contribution >= 0.6 is 0 Å². The van der Waals surface area contributed by atoms with Crippen LogP contribution in [0.2, 0.25) is 0 Å². The Morgan fingerprint density at radius 1 is 1.17 bits per heavy atom. The molecule has 3 nitrogen and oxygen atoms in total. The summed E-state index contributed by atoms with van der Waals surface area (Å²) in [6, 6.07) is 14.0. The van der Waals surface area contributed by atoms with Gasteiger partial charge in [0.25, 0.3) is 5.91 Å². The predicted octanol–water partition coefficient (Wildman–Crippen LogP) is 4.14. The van der Waals surface area contributed by atoms with Gasteiger partial charge in [-0.1, -0.05) is 43.3 Å². The number of benzene rings is 2. The van der Waals surface area contributed by atoms with Gasteiger partial charge < -0.3 is 5.32 Å². The maximum atomic E-state index is 13.7. The molecular weight excluding hydrogens is 310 g/mol. The minimum Gasteiger partial charge on any atom is -0.345 e. The van der Waals surface area contributed by atoms with E-state index in [1.165, 1.54) is 6.07 Å². The molecule has 0 fully saturated rings. The van der Waals surface area contributed by atoms with E-state index in [0.29, 0.717) is 6.42 Å². The van der Waals surface area contributed by atoms with Gasteiger partial charge in [0.2, 0.25) is 0 Å². The zero-order chi connectivity index (χ0) is 17.5. The van der Waals surface area contributed by atoms with E-state index in [2.05, 4.69) is 5.32 Å². The molecule has 0 aliphatic rings. The Labute approximate surface area is 139 Å². The topological polar surface area (TPSA) is 52.9 Å². The van der Waals surface area contributed by atoms with Crippen LogP contribution in [0.15, 0.2) is 54.1 Å². The van der Waals surface area contributed by atoms with Gasteiger partial charge in [0.15, 0.2) is 0 Å². The molecule has 0 saturated heterocycles. The fourth-order valence-electron chi connectivity index (χ4n) is 2.28. The van der Waals surface area contributed by atoms with Crippen LogP contribution in [0.3, 0.4) is 0 Å². The van der Waals surface area contributed by atoms with Crippen molar-refractivity contribution in [2.24, 2.45) is 0 Å². The first-order valence-corrected chi connectivity index (χ1v) is 7.48. The van der Waals surface area contributed by atoms with E-state index in [0.717, 1.165) is 23.8 Å². The zero-order valence-corrected chi connectivity index (χ0v) is 13.1. The number of hydrogen-bond donors (Lipinski definition) is 1. The van der Waals surface area contributed by atoms with E-state index in [-0.39, 0.29) is 11.6 Å². The van der Waals surface area contributed by atoms with Gasteiger partial charge in [-0.25, -0.2) is 8.78 Å². The molecule has 2 rings (SSSR count). The van der Waals surface area contributed by atoms with E-state index in [9.17, 15) is 18.8 Å². The van der Waals surface area contributed by atoms with Crippen LogP contribution < -0.4 is 5.32 Å². The summed E-state index contributed by atoms with van der Waals surface area (Å²) in [7, 11) is 0. The fourth-order valence-corrected chi connectivity index (χ4v) is 2.28. The monoisotopic (exact) mass is 326 g/mol. The maximum Gasteiger partial charge on any atom is 0.262 e. The van der Waals surface area contributed by atoms with Crippen molar-refractivity contribution >= 4 is 12.0 Å². The highest BCUT2D eigenvalue weighted by Crippen LogP contribution is 2.19. The van der Waals surface area contributed by atoms with Crippen LogP contribution in [0.5, 0.6) is 0 Å². The lowest BCUT2D eigenvalue weighted by molar-refractivity contribution is -0.117. The first-order chi connectivity index (χ1) is 11.6. The Kier molecular flexibility index (Phi) is 5.80. The van der Waals surface area contributed by atoms with Gasteiger partial charge in [-0.15, -0.1) is 0 Å². The van der Waals surface area contributed by atoms with Crippen molar-refractivity contribution in [3.63, 3.8) is 0 Å². The summed E-state index contributed by atoms with van der Waals surface area (Å²) < 4.78 is 27.4. The van der Waals surface area contributed by atoms with Gasteiger partial charge in [-0.2, -0.15) is 5.26 Å². The number of carbonyl (C=O) groups is 1. The van der Waals surface area contributed by atoms with E-state index in [4.69, 9.17) is 0 Å². The van der Waals surface area contributed by atoms with Crippen molar-refractivity contribution in [2.45, 2.75) is 19.4 Å². The van der Waals surface area contributed by atoms with Crippen molar-refractivity contribution in [1.82, 2.24) is 5.32 Å². The smallest absolute Gasteiger partial charge is 0.262 e. The van der Waals surface area contributed by atoms with E-state index in [1.807, 2.05) is 37.3 Å². The van der Waals surface area contributed by atoms with Crippen molar-refractivity contribution in [2.75, 3.05) is 0 Å². The third kappa shape index (κ3) is 4.05. The van der Waals surface area contributed by atoms with Crippen LogP contribution in [-0.4, -0.2) is 5.91 Å². The van der Waals surface area contributed by atoms with Gasteiger partial charge in [-0.05, 0) is 30.2 Å². The van der Waals surface area contributed by atoms with Crippen LogP contribution in [0.4, 0.5) is 8.78 Å². The fraction of sp³-hybridized carbons (Fsp3) is 0.158. The third-order valence-electron chi connectivity index (χ3n) is 3.57. The molecule has 0 aromatic heterocycles. The van der Waals surface area contributed by atoms with Crippen LogP contribution in [0.25, 0.3) is 6.08 Å². The maximum absolute atomic E-state index is 13.7. The second kappa shape index (κ2) is 8.02. The Morgan fingerprint density at radius 3 is 2.33 bits per heavy atom. The molecule has 0 heterocycles. The number of hydrogen-bond acceptors (Lipinski definition) is 2. The second-order valence-electron chi connectivity index (χ2n) is 5.15. The van der Waals surface area contributed by atoms with Gasteiger partial charge >= 0.3 is 0 Å². The highest BCUT2D eigenvalue weighted by Gasteiger charge is 2.17. The van der Waals surface area contributed by atoms with Gasteiger partial charge in [-0.3, -0.25) is 4.79 Å². The normalized spacial score (nSPS) is 12.3. The molecule has 0 aliphatic carbocycles. The lowest BCUT2D eigenvalue weighted by Crippen LogP contribution is -2.29. The highest BCUT2D eigenvalue weighted by atomic mass is 19.1. The molecule has 0 spiro atoms. The summed E-state index contributed by atoms with van der Waals surface area (Å²) in [5, 5.41) is 11.9. The molecule has 2 aromatic carbocycles. The summed E-state index contributed by atoms with van der Waals surface area (Å²) in [6.07, 6.45) is 1.54. The highest BCUT2D eigenvalue weighted by molar-refractivity contribution is 6.01. The molecule has 1 amide bonds. The number of amides is 1. The Morgan fingerprint density at radius 2 is 1.79 bits per heavy atom. The van der Waals surface area contributed by atoms with Gasteiger partial charge in [0.05, 0.1) is 6.04 Å². The molecule has 24 heavy (non-hydrogen) atoms. The van der Waals surface area contributed by atoms with Crippen LogP contribution in [0, 0.1) is 23.0 Å². The van der Waals surface area contributed by atoms with Crippen molar-refractivity contribution in [1.29, 1.82) is 5.26 Å². The summed E-state index contributed by atoms with van der Waals surface area (Å²) in [5.74, 6) is -2.33. The molecule has 0 bridgehead atoms. The summed E-state index contributed by atoms with van der Waals surface area (Å²) in [6.45, 7) is 1.89. The molecular formula is C19H16F2N2O. The molecule has 1 N–H and O–H groups in total. The molecule has 0 radical (unpaired) electrons. The standard InChI is InChI=1S/C19H16F2N2O/c1-2-18(13-7-4-3-5-8-13)23-19(24)14(12-22)11-15-16(20)9-6-10-17(15)21/h3-11,18H,2H2,1H3,(H,23,24)/b14-11+. The molecule has 122 valence electrons. The Balaban J connectivity index is 2.26. The minimum atomic E-state index is -0.828. The average Bonchev–Trinajstić information content (AvgIpc) is 2.60. The lowest BCUT2D eigenvalue weighted by atomic mass is 10.0. The number of nitrogens with one attached hydrogen (secondary N) is 1. The minimum absolute atomic E-state index is 0.291. The number of carbonyl (C=O) groups excluding carboxylic acids is 1. The zero-order valence-electron chi connectivity index (χ0n) is 13.1. The van der Waals surface area contributed by atoms with Gasteiger partial charge in [0, 0.05) is 5.56 Å². The number of rotatable bonds is 5. The predicted molar refractivity (Wildman–Crippen MR) is 87.6 cm³/mol. The van der Waals surface area contributed by atoms with Crippen LogP contribution in [0.1, 0.15) is 30.5 Å². The van der Waals surface area contributed by atoms with Crippen LogP contribution in [-0.2, 0) is 4.79 Å². The third-order valence-corrected chi connectivity index (χ3v) is 3.57. The molecule has 2 aromatic rings. The molecule has 0 saturated carbocycles. The molecule has 1 atom stereocenters. The first kappa shape index (κ1) is 17.4. The van der Waals surface area contributed by atoms with E-state index < -0.39 is 23.1 Å².